The van der Waals surface area contributed by atoms with Gasteiger partial charge >= 0.3 is 0 Å². The van der Waals surface area contributed by atoms with Gasteiger partial charge in [-0.05, 0) is 6.07 Å². The molecule has 1 aromatic carbocycles. The standard InChI is InChI=1S/C12H8FN3S2/c13-8-4-2-1-3-7(8)10-9(16-12(14)18-10)11-15-5-6-17-11/h1-6H,(H2,14,16). The lowest BCUT2D eigenvalue weighted by molar-refractivity contribution is 0.631. The quantitative estimate of drug-likeness (QED) is 0.777. The van der Waals surface area contributed by atoms with Gasteiger partial charge in [0.1, 0.15) is 16.5 Å². The monoisotopic (exact) mass is 277 g/mol. The van der Waals surface area contributed by atoms with Crippen LogP contribution >= 0.6 is 22.7 Å². The Bertz CT molecular complexity index is 676. The van der Waals surface area contributed by atoms with E-state index in [2.05, 4.69) is 9.97 Å². The lowest BCUT2D eigenvalue weighted by Gasteiger charge is -2.01. The molecule has 0 saturated heterocycles. The van der Waals surface area contributed by atoms with Gasteiger partial charge in [0, 0.05) is 17.1 Å². The van der Waals surface area contributed by atoms with Crippen LogP contribution in [0.3, 0.4) is 0 Å². The number of anilines is 1. The first-order chi connectivity index (χ1) is 8.75. The van der Waals surface area contributed by atoms with Crippen molar-refractivity contribution in [3.8, 4) is 21.1 Å². The van der Waals surface area contributed by atoms with E-state index in [4.69, 9.17) is 5.73 Å². The van der Waals surface area contributed by atoms with Crippen molar-refractivity contribution in [1.82, 2.24) is 9.97 Å². The van der Waals surface area contributed by atoms with E-state index in [1.807, 2.05) is 5.38 Å². The second kappa shape index (κ2) is 4.47. The first kappa shape index (κ1) is 11.3. The van der Waals surface area contributed by atoms with Crippen LogP contribution in [0.25, 0.3) is 21.1 Å². The lowest BCUT2D eigenvalue weighted by Crippen LogP contribution is -1.85. The number of nitrogen functional groups attached to an aromatic ring is 1. The minimum absolute atomic E-state index is 0.279. The Morgan fingerprint density at radius 2 is 2.06 bits per heavy atom. The average Bonchev–Trinajstić information content (AvgIpc) is 2.98. The molecule has 0 fully saturated rings. The highest BCUT2D eigenvalue weighted by Crippen LogP contribution is 2.39. The van der Waals surface area contributed by atoms with Crippen LogP contribution in [0.2, 0.25) is 0 Å². The number of benzene rings is 1. The minimum Gasteiger partial charge on any atom is -0.375 e. The van der Waals surface area contributed by atoms with Gasteiger partial charge in [0.15, 0.2) is 5.13 Å². The van der Waals surface area contributed by atoms with Gasteiger partial charge < -0.3 is 5.73 Å². The summed E-state index contributed by atoms with van der Waals surface area (Å²) >= 11 is 2.73. The van der Waals surface area contributed by atoms with Gasteiger partial charge in [-0.15, -0.1) is 11.3 Å². The second-order valence-electron chi connectivity index (χ2n) is 3.55. The molecule has 0 atom stereocenters. The van der Waals surface area contributed by atoms with Crippen LogP contribution in [0.15, 0.2) is 35.8 Å². The summed E-state index contributed by atoms with van der Waals surface area (Å²) in [5.41, 5.74) is 6.90. The predicted molar refractivity (Wildman–Crippen MR) is 73.0 cm³/mol. The Balaban J connectivity index is 2.22. The van der Waals surface area contributed by atoms with Crippen molar-refractivity contribution in [2.75, 3.05) is 5.73 Å². The number of hydrogen-bond donors (Lipinski definition) is 1. The molecule has 3 rings (SSSR count). The van der Waals surface area contributed by atoms with Crippen LogP contribution in [0.4, 0.5) is 9.52 Å². The molecule has 6 heteroatoms. The molecular formula is C12H8FN3S2. The highest BCUT2D eigenvalue weighted by molar-refractivity contribution is 7.20. The summed E-state index contributed by atoms with van der Waals surface area (Å²) < 4.78 is 13.8. The molecule has 2 aromatic heterocycles. The summed E-state index contributed by atoms with van der Waals surface area (Å²) in [6.45, 7) is 0. The van der Waals surface area contributed by atoms with E-state index in [0.29, 0.717) is 16.4 Å². The number of thiazole rings is 2. The summed E-state index contributed by atoms with van der Waals surface area (Å²) in [7, 11) is 0. The molecule has 0 unspecified atom stereocenters. The second-order valence-corrected chi connectivity index (χ2v) is 5.47. The van der Waals surface area contributed by atoms with E-state index in [-0.39, 0.29) is 5.82 Å². The van der Waals surface area contributed by atoms with Crippen LogP contribution in [-0.4, -0.2) is 9.97 Å². The van der Waals surface area contributed by atoms with Crippen molar-refractivity contribution in [3.63, 3.8) is 0 Å². The van der Waals surface area contributed by atoms with Crippen molar-refractivity contribution in [2.24, 2.45) is 0 Å². The fraction of sp³-hybridized carbons (Fsp3) is 0. The summed E-state index contributed by atoms with van der Waals surface area (Å²) in [6.07, 6.45) is 1.70. The van der Waals surface area contributed by atoms with Gasteiger partial charge in [-0.1, -0.05) is 29.5 Å². The van der Waals surface area contributed by atoms with Crippen molar-refractivity contribution < 1.29 is 4.39 Å². The largest absolute Gasteiger partial charge is 0.375 e. The number of hydrogen-bond acceptors (Lipinski definition) is 5. The third kappa shape index (κ3) is 1.89. The maximum Gasteiger partial charge on any atom is 0.181 e. The molecule has 0 bridgehead atoms. The SMILES string of the molecule is Nc1nc(-c2nccs2)c(-c2ccccc2F)s1. The zero-order valence-electron chi connectivity index (χ0n) is 9.13. The third-order valence-corrected chi connectivity index (χ3v) is 4.09. The van der Waals surface area contributed by atoms with Crippen LogP contribution in [0.1, 0.15) is 0 Å². The topological polar surface area (TPSA) is 51.8 Å². The number of rotatable bonds is 2. The Kier molecular flexibility index (Phi) is 2.81. The van der Waals surface area contributed by atoms with Gasteiger partial charge in [-0.2, -0.15) is 0 Å². The highest BCUT2D eigenvalue weighted by atomic mass is 32.1. The molecule has 18 heavy (non-hydrogen) atoms. The number of nitrogens with zero attached hydrogens (tertiary/aromatic N) is 2. The van der Waals surface area contributed by atoms with Crippen molar-refractivity contribution in [2.45, 2.75) is 0 Å². The highest BCUT2D eigenvalue weighted by Gasteiger charge is 2.17. The van der Waals surface area contributed by atoms with Crippen molar-refractivity contribution in [1.29, 1.82) is 0 Å². The van der Waals surface area contributed by atoms with Crippen molar-refractivity contribution in [3.05, 3.63) is 41.7 Å². The maximum atomic E-state index is 13.8. The molecule has 3 nitrogen and oxygen atoms in total. The molecule has 0 saturated carbocycles. The zero-order chi connectivity index (χ0) is 12.5. The van der Waals surface area contributed by atoms with Gasteiger partial charge in [0.05, 0.1) is 4.88 Å². The Labute approximate surface area is 111 Å². The van der Waals surface area contributed by atoms with Gasteiger partial charge in [-0.25, -0.2) is 14.4 Å². The normalized spacial score (nSPS) is 10.7. The van der Waals surface area contributed by atoms with Crippen molar-refractivity contribution >= 4 is 27.8 Å². The Morgan fingerprint density at radius 1 is 1.22 bits per heavy atom. The molecule has 0 spiro atoms. The third-order valence-electron chi connectivity index (χ3n) is 2.40. The number of aromatic nitrogens is 2. The minimum atomic E-state index is -0.279. The number of nitrogens with two attached hydrogens (primary N) is 1. The molecule has 0 radical (unpaired) electrons. The van der Waals surface area contributed by atoms with Crippen LogP contribution in [0, 0.1) is 5.82 Å². The maximum absolute atomic E-state index is 13.8. The molecule has 90 valence electrons. The summed E-state index contributed by atoms with van der Waals surface area (Å²) in [4.78, 5) is 9.17. The fourth-order valence-corrected chi connectivity index (χ4v) is 3.21. The van der Waals surface area contributed by atoms with Crippen LogP contribution < -0.4 is 5.73 Å². The smallest absolute Gasteiger partial charge is 0.181 e. The fourth-order valence-electron chi connectivity index (χ4n) is 1.65. The molecule has 3 aromatic rings. The molecule has 0 aliphatic carbocycles. The molecule has 2 heterocycles. The summed E-state index contributed by atoms with van der Waals surface area (Å²) in [5.74, 6) is -0.279. The van der Waals surface area contributed by atoms with E-state index < -0.39 is 0 Å². The van der Waals surface area contributed by atoms with E-state index >= 15 is 0 Å². The first-order valence-corrected chi connectivity index (χ1v) is 6.86. The summed E-state index contributed by atoms with van der Waals surface area (Å²) in [5, 5.41) is 3.02. The Morgan fingerprint density at radius 3 is 2.78 bits per heavy atom. The van der Waals surface area contributed by atoms with Crippen LogP contribution in [-0.2, 0) is 0 Å². The van der Waals surface area contributed by atoms with E-state index in [0.717, 1.165) is 9.88 Å². The lowest BCUT2D eigenvalue weighted by atomic mass is 10.1. The molecule has 2 N–H and O–H groups in total. The van der Waals surface area contributed by atoms with Gasteiger partial charge in [-0.3, -0.25) is 0 Å². The van der Waals surface area contributed by atoms with E-state index in [9.17, 15) is 4.39 Å². The molecular weight excluding hydrogens is 269 g/mol. The first-order valence-electron chi connectivity index (χ1n) is 5.17. The molecule has 0 amide bonds. The average molecular weight is 277 g/mol. The summed E-state index contributed by atoms with van der Waals surface area (Å²) in [6, 6.07) is 6.60. The van der Waals surface area contributed by atoms with Gasteiger partial charge in [0.25, 0.3) is 0 Å². The van der Waals surface area contributed by atoms with E-state index in [1.165, 1.54) is 28.7 Å². The van der Waals surface area contributed by atoms with Gasteiger partial charge in [0.2, 0.25) is 0 Å². The van der Waals surface area contributed by atoms with Crippen LogP contribution in [0.5, 0.6) is 0 Å². The zero-order valence-corrected chi connectivity index (χ0v) is 10.8. The molecule has 0 aliphatic rings. The predicted octanol–water partition coefficient (Wildman–Crippen LogP) is 3.65. The molecule has 0 aliphatic heterocycles. The Hall–Kier alpha value is -1.79. The number of halogens is 1. The van der Waals surface area contributed by atoms with E-state index in [1.54, 1.807) is 24.4 Å².